The van der Waals surface area contributed by atoms with Gasteiger partial charge in [0.1, 0.15) is 11.5 Å². The number of rotatable bonds is 3. The molecule has 0 saturated heterocycles. The normalized spacial score (nSPS) is 11.9. The first-order valence-electron chi connectivity index (χ1n) is 7.08. The second-order valence-electron chi connectivity index (χ2n) is 6.38. The number of hydrogen-bond donors (Lipinski definition) is 2. The van der Waals surface area contributed by atoms with Crippen molar-refractivity contribution in [2.45, 2.75) is 38.8 Å². The van der Waals surface area contributed by atoms with E-state index in [1.807, 2.05) is 38.1 Å². The van der Waals surface area contributed by atoms with Gasteiger partial charge in [-0.3, -0.25) is 0 Å². The summed E-state index contributed by atoms with van der Waals surface area (Å²) in [6.07, 6.45) is 0. The molecule has 2 rings (SSSR count). The first kappa shape index (κ1) is 15.9. The van der Waals surface area contributed by atoms with E-state index in [1.54, 1.807) is 12.1 Å². The van der Waals surface area contributed by atoms with Gasteiger partial charge in [-0.05, 0) is 31.1 Å². The minimum absolute atomic E-state index is 0.109. The predicted molar refractivity (Wildman–Crippen MR) is 91.3 cm³/mol. The van der Waals surface area contributed by atoms with E-state index in [2.05, 4.69) is 23.1 Å². The molecule has 0 bridgehead atoms. The van der Waals surface area contributed by atoms with Gasteiger partial charge in [-0.25, -0.2) is 0 Å². The van der Waals surface area contributed by atoms with Crippen molar-refractivity contribution in [3.63, 3.8) is 0 Å². The van der Waals surface area contributed by atoms with Gasteiger partial charge < -0.3 is 10.2 Å². The third-order valence-electron chi connectivity index (χ3n) is 3.73. The SMILES string of the molecule is Cc1ccc(O)c(C(c2cc(C)ccc2O)C(C)(C)P)c1. The zero-order valence-corrected chi connectivity index (χ0v) is 14.2. The van der Waals surface area contributed by atoms with Crippen molar-refractivity contribution >= 4 is 9.24 Å². The van der Waals surface area contributed by atoms with Crippen LogP contribution >= 0.6 is 9.24 Å². The van der Waals surface area contributed by atoms with Crippen molar-refractivity contribution in [3.8, 4) is 11.5 Å². The molecule has 1 atom stereocenters. The molecule has 0 amide bonds. The second-order valence-corrected chi connectivity index (χ2v) is 7.87. The maximum atomic E-state index is 10.3. The van der Waals surface area contributed by atoms with Crippen LogP contribution in [0.25, 0.3) is 0 Å². The van der Waals surface area contributed by atoms with Gasteiger partial charge in [0.2, 0.25) is 0 Å². The van der Waals surface area contributed by atoms with E-state index in [-0.39, 0.29) is 22.6 Å². The third-order valence-corrected chi connectivity index (χ3v) is 4.07. The van der Waals surface area contributed by atoms with Crippen LogP contribution in [0.2, 0.25) is 0 Å². The van der Waals surface area contributed by atoms with E-state index in [9.17, 15) is 10.2 Å². The van der Waals surface area contributed by atoms with E-state index >= 15 is 0 Å². The van der Waals surface area contributed by atoms with Gasteiger partial charge in [-0.1, -0.05) is 49.2 Å². The van der Waals surface area contributed by atoms with Crippen molar-refractivity contribution in [2.75, 3.05) is 0 Å². The minimum atomic E-state index is -0.212. The Morgan fingerprint density at radius 2 is 1.24 bits per heavy atom. The third kappa shape index (κ3) is 3.39. The Bertz CT molecular complexity index is 605. The molecule has 0 fully saturated rings. The summed E-state index contributed by atoms with van der Waals surface area (Å²) in [4.78, 5) is 0. The first-order valence-corrected chi connectivity index (χ1v) is 7.66. The van der Waals surface area contributed by atoms with E-state index in [0.717, 1.165) is 22.3 Å². The molecule has 3 heteroatoms. The number of aryl methyl sites for hydroxylation is 2. The molecular formula is C18H23O2P. The molecule has 1 unspecified atom stereocenters. The van der Waals surface area contributed by atoms with Gasteiger partial charge >= 0.3 is 0 Å². The van der Waals surface area contributed by atoms with Crippen LogP contribution in [-0.2, 0) is 0 Å². The van der Waals surface area contributed by atoms with Crippen LogP contribution in [0, 0.1) is 13.8 Å². The van der Waals surface area contributed by atoms with E-state index in [1.165, 1.54) is 0 Å². The Morgan fingerprint density at radius 1 is 0.857 bits per heavy atom. The minimum Gasteiger partial charge on any atom is -0.508 e. The van der Waals surface area contributed by atoms with Crippen molar-refractivity contribution in [1.29, 1.82) is 0 Å². The summed E-state index contributed by atoms with van der Waals surface area (Å²) in [7, 11) is 2.83. The molecule has 21 heavy (non-hydrogen) atoms. The summed E-state index contributed by atoms with van der Waals surface area (Å²) >= 11 is 0. The highest BCUT2D eigenvalue weighted by Gasteiger charge is 2.32. The van der Waals surface area contributed by atoms with Crippen molar-refractivity contribution in [3.05, 3.63) is 58.7 Å². The highest BCUT2D eigenvalue weighted by molar-refractivity contribution is 7.19. The smallest absolute Gasteiger partial charge is 0.119 e. The van der Waals surface area contributed by atoms with Crippen molar-refractivity contribution in [2.24, 2.45) is 0 Å². The number of benzene rings is 2. The Hall–Kier alpha value is -1.53. The van der Waals surface area contributed by atoms with E-state index in [4.69, 9.17) is 0 Å². The number of aromatic hydroxyl groups is 2. The molecule has 0 aliphatic carbocycles. The number of phenols is 2. The van der Waals surface area contributed by atoms with Crippen LogP contribution in [0.15, 0.2) is 36.4 Å². The molecule has 0 saturated carbocycles. The number of phenolic OH excluding ortho intramolecular Hbond substituents is 2. The molecule has 112 valence electrons. The van der Waals surface area contributed by atoms with Crippen LogP contribution in [0.5, 0.6) is 11.5 Å². The van der Waals surface area contributed by atoms with Crippen molar-refractivity contribution in [1.82, 2.24) is 0 Å². The van der Waals surface area contributed by atoms with Crippen LogP contribution in [0.4, 0.5) is 0 Å². The summed E-state index contributed by atoms with van der Waals surface area (Å²) in [5, 5.41) is 20.4. The topological polar surface area (TPSA) is 40.5 Å². The molecule has 2 N–H and O–H groups in total. The maximum Gasteiger partial charge on any atom is 0.119 e. The molecule has 0 spiro atoms. The fourth-order valence-electron chi connectivity index (χ4n) is 2.78. The van der Waals surface area contributed by atoms with Crippen LogP contribution in [0.3, 0.4) is 0 Å². The fraction of sp³-hybridized carbons (Fsp3) is 0.333. The summed E-state index contributed by atoms with van der Waals surface area (Å²) < 4.78 is 0. The molecule has 2 aromatic rings. The Balaban J connectivity index is 2.70. The van der Waals surface area contributed by atoms with E-state index < -0.39 is 0 Å². The maximum absolute atomic E-state index is 10.3. The Labute approximate surface area is 129 Å². The molecule has 0 aromatic heterocycles. The summed E-state index contributed by atoms with van der Waals surface area (Å²) in [6.45, 7) is 8.19. The monoisotopic (exact) mass is 302 g/mol. The molecule has 0 heterocycles. The lowest BCUT2D eigenvalue weighted by atomic mass is 9.80. The van der Waals surface area contributed by atoms with Gasteiger partial charge in [0.05, 0.1) is 0 Å². The first-order chi connectivity index (χ1) is 9.70. The highest BCUT2D eigenvalue weighted by atomic mass is 31.0. The lowest BCUT2D eigenvalue weighted by Gasteiger charge is -2.32. The summed E-state index contributed by atoms with van der Waals surface area (Å²) in [5.41, 5.74) is 3.87. The largest absolute Gasteiger partial charge is 0.508 e. The lowest BCUT2D eigenvalue weighted by Crippen LogP contribution is -2.23. The van der Waals surface area contributed by atoms with Gasteiger partial charge in [-0.15, -0.1) is 9.24 Å². The zero-order chi connectivity index (χ0) is 15.8. The van der Waals surface area contributed by atoms with E-state index in [0.29, 0.717) is 0 Å². The molecule has 2 aromatic carbocycles. The second kappa shape index (κ2) is 5.69. The summed E-state index contributed by atoms with van der Waals surface area (Å²) in [5.74, 6) is 0.423. The molecule has 0 aliphatic rings. The number of hydrogen-bond acceptors (Lipinski definition) is 2. The predicted octanol–water partition coefficient (Wildman–Crippen LogP) is 4.50. The Kier molecular flexibility index (Phi) is 4.30. The standard InChI is InChI=1S/C18H23O2P/c1-11-5-7-15(19)13(9-11)17(18(3,4)21)14-10-12(2)6-8-16(14)20/h5-10,17,19-20H,21H2,1-4H3. The van der Waals surface area contributed by atoms with Gasteiger partial charge in [0, 0.05) is 17.0 Å². The average molecular weight is 302 g/mol. The van der Waals surface area contributed by atoms with Crippen LogP contribution < -0.4 is 0 Å². The zero-order valence-electron chi connectivity index (χ0n) is 13.0. The average Bonchev–Trinajstić information content (AvgIpc) is 2.36. The lowest BCUT2D eigenvalue weighted by molar-refractivity contribution is 0.443. The molecular weight excluding hydrogens is 279 g/mol. The quantitative estimate of drug-likeness (QED) is 0.820. The molecule has 0 radical (unpaired) electrons. The Morgan fingerprint density at radius 3 is 1.57 bits per heavy atom. The van der Waals surface area contributed by atoms with Gasteiger partial charge in [0.25, 0.3) is 0 Å². The van der Waals surface area contributed by atoms with Gasteiger partial charge in [0.15, 0.2) is 0 Å². The summed E-state index contributed by atoms with van der Waals surface area (Å²) in [6, 6.07) is 11.2. The van der Waals surface area contributed by atoms with Crippen LogP contribution in [0.1, 0.15) is 42.0 Å². The highest BCUT2D eigenvalue weighted by Crippen LogP contribution is 2.46. The molecule has 0 aliphatic heterocycles. The van der Waals surface area contributed by atoms with Crippen molar-refractivity contribution < 1.29 is 10.2 Å². The van der Waals surface area contributed by atoms with Gasteiger partial charge in [-0.2, -0.15) is 0 Å². The fourth-order valence-corrected chi connectivity index (χ4v) is 3.14. The van der Waals surface area contributed by atoms with Crippen LogP contribution in [-0.4, -0.2) is 15.4 Å². The molecule has 2 nitrogen and oxygen atoms in total.